The van der Waals surface area contributed by atoms with E-state index in [1.165, 1.54) is 0 Å². The van der Waals surface area contributed by atoms with E-state index in [1.54, 1.807) is 20.8 Å². The van der Waals surface area contributed by atoms with Gasteiger partial charge in [-0.2, -0.15) is 0 Å². The molecule has 7 nitrogen and oxygen atoms in total. The molecule has 116 valence electrons. The lowest BCUT2D eigenvalue weighted by atomic mass is 10.1. The van der Waals surface area contributed by atoms with Crippen molar-refractivity contribution in [1.82, 2.24) is 10.2 Å². The summed E-state index contributed by atoms with van der Waals surface area (Å²) in [6.07, 6.45) is -0.491. The number of hydrogen-bond donors (Lipinski definition) is 2. The van der Waals surface area contributed by atoms with Crippen LogP contribution in [0.5, 0.6) is 0 Å². The van der Waals surface area contributed by atoms with E-state index in [2.05, 4.69) is 5.32 Å². The van der Waals surface area contributed by atoms with Crippen LogP contribution in [0.2, 0.25) is 0 Å². The van der Waals surface area contributed by atoms with Crippen LogP contribution < -0.4 is 5.32 Å². The van der Waals surface area contributed by atoms with Crippen molar-refractivity contribution in [3.8, 4) is 0 Å². The lowest BCUT2D eigenvalue weighted by Crippen LogP contribution is -2.50. The van der Waals surface area contributed by atoms with Gasteiger partial charge in [0.1, 0.15) is 5.60 Å². The molecule has 0 bridgehead atoms. The van der Waals surface area contributed by atoms with Gasteiger partial charge in [0.05, 0.1) is 25.2 Å². The Hall–Kier alpha value is -1.34. The summed E-state index contributed by atoms with van der Waals surface area (Å²) in [7, 11) is 1.82. The van der Waals surface area contributed by atoms with E-state index in [9.17, 15) is 9.59 Å². The molecule has 1 heterocycles. The minimum absolute atomic E-state index is 0.145. The predicted octanol–water partition coefficient (Wildman–Crippen LogP) is 0.543. The van der Waals surface area contributed by atoms with Gasteiger partial charge < -0.3 is 24.8 Å². The van der Waals surface area contributed by atoms with Crippen molar-refractivity contribution in [1.29, 1.82) is 0 Å². The summed E-state index contributed by atoms with van der Waals surface area (Å²) >= 11 is 0. The molecule has 2 unspecified atom stereocenters. The molecule has 20 heavy (non-hydrogen) atoms. The highest BCUT2D eigenvalue weighted by Gasteiger charge is 2.26. The van der Waals surface area contributed by atoms with Crippen molar-refractivity contribution >= 4 is 12.1 Å². The van der Waals surface area contributed by atoms with Crippen molar-refractivity contribution < 1.29 is 24.2 Å². The smallest absolute Gasteiger partial charge is 0.407 e. The van der Waals surface area contributed by atoms with E-state index in [0.29, 0.717) is 13.1 Å². The Morgan fingerprint density at radius 1 is 1.30 bits per heavy atom. The molecule has 1 amide bonds. The zero-order valence-electron chi connectivity index (χ0n) is 12.5. The Balaban J connectivity index is 2.49. The van der Waals surface area contributed by atoms with E-state index < -0.39 is 23.6 Å². The van der Waals surface area contributed by atoms with Gasteiger partial charge >= 0.3 is 12.1 Å². The summed E-state index contributed by atoms with van der Waals surface area (Å²) in [5.41, 5.74) is -0.549. The number of carbonyl (C=O) groups is 2. The largest absolute Gasteiger partial charge is 0.481 e. The fraction of sp³-hybridized carbons (Fsp3) is 0.846. The third-order valence-corrected chi connectivity index (χ3v) is 2.77. The van der Waals surface area contributed by atoms with E-state index in [-0.39, 0.29) is 19.3 Å². The highest BCUT2D eigenvalue weighted by Crippen LogP contribution is 2.09. The van der Waals surface area contributed by atoms with Crippen LogP contribution in [-0.2, 0) is 14.3 Å². The summed E-state index contributed by atoms with van der Waals surface area (Å²) in [6.45, 7) is 6.71. The number of hydrogen-bond acceptors (Lipinski definition) is 5. The molecule has 1 rings (SSSR count). The van der Waals surface area contributed by atoms with E-state index in [0.717, 1.165) is 0 Å². The molecule has 0 aromatic carbocycles. The number of amides is 1. The summed E-state index contributed by atoms with van der Waals surface area (Å²) in [6, 6.07) is -0.218. The van der Waals surface area contributed by atoms with Gasteiger partial charge in [-0.25, -0.2) is 4.79 Å². The average Bonchev–Trinajstić information content (AvgIpc) is 2.21. The van der Waals surface area contributed by atoms with Crippen LogP contribution >= 0.6 is 0 Å². The number of carboxylic acids is 1. The maximum absolute atomic E-state index is 11.7. The number of ether oxygens (including phenoxy) is 2. The van der Waals surface area contributed by atoms with Crippen LogP contribution in [0.1, 0.15) is 20.8 Å². The number of carbonyl (C=O) groups excluding carboxylic acids is 1. The summed E-state index contributed by atoms with van der Waals surface area (Å²) in [4.78, 5) is 24.6. The average molecular weight is 288 g/mol. The molecule has 1 aliphatic heterocycles. The molecule has 1 saturated heterocycles. The van der Waals surface area contributed by atoms with E-state index >= 15 is 0 Å². The van der Waals surface area contributed by atoms with Gasteiger partial charge in [0.15, 0.2) is 0 Å². The first kappa shape index (κ1) is 16.7. The number of rotatable bonds is 2. The third-order valence-electron chi connectivity index (χ3n) is 2.77. The van der Waals surface area contributed by atoms with Crippen LogP contribution in [0.25, 0.3) is 0 Å². The van der Waals surface area contributed by atoms with Gasteiger partial charge in [-0.3, -0.25) is 4.79 Å². The summed E-state index contributed by atoms with van der Waals surface area (Å²) < 4.78 is 10.6. The molecule has 0 aromatic heterocycles. The lowest BCUT2D eigenvalue weighted by Gasteiger charge is -2.30. The van der Waals surface area contributed by atoms with E-state index in [1.807, 2.05) is 11.9 Å². The lowest BCUT2D eigenvalue weighted by molar-refractivity contribution is -0.145. The van der Waals surface area contributed by atoms with Crippen molar-refractivity contribution in [3.05, 3.63) is 0 Å². The normalized spacial score (nSPS) is 25.4. The molecule has 0 spiro atoms. The van der Waals surface area contributed by atoms with Gasteiger partial charge in [0, 0.05) is 13.1 Å². The Morgan fingerprint density at radius 3 is 2.50 bits per heavy atom. The Morgan fingerprint density at radius 2 is 1.95 bits per heavy atom. The van der Waals surface area contributed by atoms with Gasteiger partial charge in [-0.05, 0) is 27.8 Å². The van der Waals surface area contributed by atoms with Crippen LogP contribution in [0.15, 0.2) is 0 Å². The zero-order valence-corrected chi connectivity index (χ0v) is 12.5. The molecular weight excluding hydrogens is 264 g/mol. The van der Waals surface area contributed by atoms with Crippen LogP contribution in [-0.4, -0.2) is 67.1 Å². The van der Waals surface area contributed by atoms with Crippen molar-refractivity contribution in [2.75, 3.05) is 33.4 Å². The molecule has 0 aliphatic carbocycles. The first-order chi connectivity index (χ1) is 9.17. The van der Waals surface area contributed by atoms with Crippen LogP contribution in [0.3, 0.4) is 0 Å². The van der Waals surface area contributed by atoms with Crippen molar-refractivity contribution in [3.63, 3.8) is 0 Å². The molecule has 1 fully saturated rings. The standard InChI is InChI=1S/C13H24N2O5/c1-13(2,3)20-12(18)14-10-6-15(4)5-9(11(16)17)7-19-8-10/h9-10H,5-8H2,1-4H3,(H,14,18)(H,16,17). The Kier molecular flexibility index (Phi) is 5.76. The number of aliphatic carboxylic acids is 1. The molecule has 2 N–H and O–H groups in total. The molecule has 0 radical (unpaired) electrons. The zero-order chi connectivity index (χ0) is 15.3. The fourth-order valence-corrected chi connectivity index (χ4v) is 2.00. The quantitative estimate of drug-likeness (QED) is 0.771. The molecule has 2 atom stereocenters. The molecule has 0 saturated carbocycles. The first-order valence-electron chi connectivity index (χ1n) is 6.66. The highest BCUT2D eigenvalue weighted by atomic mass is 16.6. The van der Waals surface area contributed by atoms with Gasteiger partial charge in [-0.1, -0.05) is 0 Å². The summed E-state index contributed by atoms with van der Waals surface area (Å²) in [5, 5.41) is 11.8. The maximum atomic E-state index is 11.7. The minimum Gasteiger partial charge on any atom is -0.481 e. The number of likely N-dealkylation sites (N-methyl/N-ethyl adjacent to an activating group) is 1. The second-order valence-electron chi connectivity index (χ2n) is 6.14. The second-order valence-corrected chi connectivity index (χ2v) is 6.14. The minimum atomic E-state index is -0.865. The number of carboxylic acid groups (broad SMARTS) is 1. The topological polar surface area (TPSA) is 88.1 Å². The SMILES string of the molecule is CN1CC(NC(=O)OC(C)(C)C)COCC(C(=O)O)C1. The van der Waals surface area contributed by atoms with E-state index in [4.69, 9.17) is 14.6 Å². The highest BCUT2D eigenvalue weighted by molar-refractivity contribution is 5.70. The summed E-state index contributed by atoms with van der Waals surface area (Å²) in [5.74, 6) is -1.40. The fourth-order valence-electron chi connectivity index (χ4n) is 2.00. The first-order valence-corrected chi connectivity index (χ1v) is 6.66. The molecule has 1 aliphatic rings. The predicted molar refractivity (Wildman–Crippen MR) is 72.6 cm³/mol. The molecular formula is C13H24N2O5. The Bertz CT molecular complexity index is 353. The molecule has 0 aromatic rings. The van der Waals surface area contributed by atoms with Crippen molar-refractivity contribution in [2.45, 2.75) is 32.4 Å². The van der Waals surface area contributed by atoms with Crippen LogP contribution in [0, 0.1) is 5.92 Å². The van der Waals surface area contributed by atoms with Gasteiger partial charge in [0.2, 0.25) is 0 Å². The maximum Gasteiger partial charge on any atom is 0.407 e. The number of nitrogens with one attached hydrogen (secondary N) is 1. The third kappa shape index (κ3) is 6.21. The number of alkyl carbamates (subject to hydrolysis) is 1. The number of nitrogens with zero attached hydrogens (tertiary/aromatic N) is 1. The van der Waals surface area contributed by atoms with Crippen molar-refractivity contribution in [2.24, 2.45) is 5.92 Å². The van der Waals surface area contributed by atoms with Gasteiger partial charge in [-0.15, -0.1) is 0 Å². The van der Waals surface area contributed by atoms with Gasteiger partial charge in [0.25, 0.3) is 0 Å². The Labute approximate surface area is 119 Å². The monoisotopic (exact) mass is 288 g/mol. The molecule has 7 heteroatoms. The second kappa shape index (κ2) is 6.90. The van der Waals surface area contributed by atoms with Crippen LogP contribution in [0.4, 0.5) is 4.79 Å².